The van der Waals surface area contributed by atoms with Crippen LogP contribution in [0.1, 0.15) is 0 Å². The van der Waals surface area contributed by atoms with E-state index in [0.717, 1.165) is 0 Å². The molecular weight excluding hydrogens is 202 g/mol. The predicted octanol–water partition coefficient (Wildman–Crippen LogP) is 0.238. The number of aromatic nitrogens is 3. The molecule has 0 fully saturated rings. The van der Waals surface area contributed by atoms with Gasteiger partial charge in [0.25, 0.3) is 0 Å². The Morgan fingerprint density at radius 2 is 2.14 bits per heavy atom. The molecule has 0 saturated carbocycles. The summed E-state index contributed by atoms with van der Waals surface area (Å²) in [6, 6.07) is 4.87. The fraction of sp³-hybridized carbons (Fsp3) is 0. The lowest BCUT2D eigenvalue weighted by Gasteiger charge is -1.98. The van der Waals surface area contributed by atoms with E-state index in [1.54, 1.807) is 29.2 Å². The fourth-order valence-electron chi connectivity index (χ4n) is 1.03. The molecule has 2 rings (SSSR count). The SMILES string of the molecule is O=[SH](=O)c1ccc(-n2cccn2)nc1. The number of pyridine rings is 1. The molecule has 5 nitrogen and oxygen atoms in total. The second-order valence-electron chi connectivity index (χ2n) is 2.58. The summed E-state index contributed by atoms with van der Waals surface area (Å²) >= 11 is 0. The number of thiol groups is 1. The molecule has 0 amide bonds. The van der Waals surface area contributed by atoms with Crippen LogP contribution >= 0.6 is 0 Å². The quantitative estimate of drug-likeness (QED) is 0.719. The van der Waals surface area contributed by atoms with E-state index in [9.17, 15) is 8.42 Å². The largest absolute Gasteiger partial charge is 0.236 e. The molecule has 0 unspecified atom stereocenters. The average molecular weight is 209 g/mol. The zero-order valence-corrected chi connectivity index (χ0v) is 7.96. The maximum atomic E-state index is 10.6. The number of rotatable bonds is 2. The van der Waals surface area contributed by atoms with Gasteiger partial charge >= 0.3 is 0 Å². The van der Waals surface area contributed by atoms with Crippen molar-refractivity contribution < 1.29 is 8.42 Å². The van der Waals surface area contributed by atoms with Crippen LogP contribution in [0.4, 0.5) is 0 Å². The standard InChI is InChI=1S/C8H7N3O2S/c12-14(13)7-2-3-8(9-6-7)11-5-1-4-10-11/h1-6,14H. The Morgan fingerprint density at radius 1 is 1.29 bits per heavy atom. The van der Waals surface area contributed by atoms with Gasteiger partial charge in [-0.2, -0.15) is 5.10 Å². The molecule has 2 aromatic heterocycles. The van der Waals surface area contributed by atoms with Gasteiger partial charge in [-0.15, -0.1) is 0 Å². The average Bonchev–Trinajstić information content (AvgIpc) is 2.71. The predicted molar refractivity (Wildman–Crippen MR) is 49.9 cm³/mol. The first kappa shape index (κ1) is 8.89. The Morgan fingerprint density at radius 3 is 2.64 bits per heavy atom. The number of nitrogens with zero attached hydrogens (tertiary/aromatic N) is 3. The van der Waals surface area contributed by atoms with Crippen molar-refractivity contribution in [1.29, 1.82) is 0 Å². The third-order valence-electron chi connectivity index (χ3n) is 1.68. The van der Waals surface area contributed by atoms with Crippen LogP contribution in [0.15, 0.2) is 41.7 Å². The summed E-state index contributed by atoms with van der Waals surface area (Å²) in [7, 11) is -2.56. The minimum atomic E-state index is -2.56. The van der Waals surface area contributed by atoms with E-state index < -0.39 is 10.7 Å². The van der Waals surface area contributed by atoms with E-state index in [-0.39, 0.29) is 4.90 Å². The first-order valence-electron chi connectivity index (χ1n) is 3.88. The summed E-state index contributed by atoms with van der Waals surface area (Å²) in [5, 5.41) is 3.96. The highest BCUT2D eigenvalue weighted by molar-refractivity contribution is 7.72. The molecule has 0 aliphatic carbocycles. The molecular formula is C8H7N3O2S. The van der Waals surface area contributed by atoms with Crippen molar-refractivity contribution in [2.24, 2.45) is 0 Å². The molecule has 0 N–H and O–H groups in total. The lowest BCUT2D eigenvalue weighted by atomic mass is 10.5. The van der Waals surface area contributed by atoms with Crippen molar-refractivity contribution in [2.45, 2.75) is 4.90 Å². The summed E-state index contributed by atoms with van der Waals surface area (Å²) in [5.41, 5.74) is 0. The highest BCUT2D eigenvalue weighted by Crippen LogP contribution is 2.04. The van der Waals surface area contributed by atoms with Gasteiger partial charge in [0.15, 0.2) is 16.5 Å². The van der Waals surface area contributed by atoms with Crippen LogP contribution < -0.4 is 0 Å². The third-order valence-corrected chi connectivity index (χ3v) is 2.37. The van der Waals surface area contributed by atoms with Crippen LogP contribution in [-0.2, 0) is 10.7 Å². The zero-order valence-electron chi connectivity index (χ0n) is 7.07. The monoisotopic (exact) mass is 209 g/mol. The van der Waals surface area contributed by atoms with Crippen LogP contribution in [0.2, 0.25) is 0 Å². The van der Waals surface area contributed by atoms with Gasteiger partial charge in [0.05, 0.1) is 4.90 Å². The third kappa shape index (κ3) is 1.64. The van der Waals surface area contributed by atoms with Crippen LogP contribution in [0.25, 0.3) is 5.82 Å². The van der Waals surface area contributed by atoms with Gasteiger partial charge in [-0.05, 0) is 18.2 Å². The van der Waals surface area contributed by atoms with E-state index in [1.807, 2.05) is 0 Å². The molecule has 0 saturated heterocycles. The second kappa shape index (κ2) is 3.59. The van der Waals surface area contributed by atoms with Gasteiger partial charge in [-0.3, -0.25) is 0 Å². The lowest BCUT2D eigenvalue weighted by molar-refractivity contribution is 0.614. The van der Waals surface area contributed by atoms with E-state index in [4.69, 9.17) is 0 Å². The molecule has 14 heavy (non-hydrogen) atoms. The van der Waals surface area contributed by atoms with Gasteiger partial charge in [0.1, 0.15) is 0 Å². The molecule has 6 heteroatoms. The molecule has 2 heterocycles. The maximum absolute atomic E-state index is 10.6. The molecule has 0 radical (unpaired) electrons. The van der Waals surface area contributed by atoms with Crippen molar-refractivity contribution in [1.82, 2.24) is 14.8 Å². The van der Waals surface area contributed by atoms with Crippen LogP contribution in [-0.4, -0.2) is 23.2 Å². The van der Waals surface area contributed by atoms with Crippen LogP contribution in [0, 0.1) is 0 Å². The summed E-state index contributed by atoms with van der Waals surface area (Å²) in [6.07, 6.45) is 4.67. The molecule has 0 aromatic carbocycles. The van der Waals surface area contributed by atoms with Gasteiger partial charge in [-0.1, -0.05) is 0 Å². The molecule has 0 aliphatic rings. The first-order valence-corrected chi connectivity index (χ1v) is 5.05. The Bertz CT molecular complexity index is 480. The van der Waals surface area contributed by atoms with Crippen LogP contribution in [0.5, 0.6) is 0 Å². The Labute approximate surface area is 82.0 Å². The minimum Gasteiger partial charge on any atom is -0.236 e. The van der Waals surface area contributed by atoms with Crippen molar-refractivity contribution in [3.05, 3.63) is 36.8 Å². The van der Waals surface area contributed by atoms with Gasteiger partial charge in [0, 0.05) is 18.6 Å². The van der Waals surface area contributed by atoms with E-state index >= 15 is 0 Å². The van der Waals surface area contributed by atoms with Gasteiger partial charge < -0.3 is 0 Å². The van der Waals surface area contributed by atoms with E-state index in [1.165, 1.54) is 12.3 Å². The number of hydrogen-bond donors (Lipinski definition) is 1. The van der Waals surface area contributed by atoms with Crippen LogP contribution in [0.3, 0.4) is 0 Å². The summed E-state index contributed by atoms with van der Waals surface area (Å²) in [4.78, 5) is 4.16. The lowest BCUT2D eigenvalue weighted by Crippen LogP contribution is -1.97. The van der Waals surface area contributed by atoms with Crippen molar-refractivity contribution in [3.63, 3.8) is 0 Å². The molecule has 0 spiro atoms. The van der Waals surface area contributed by atoms with Crippen molar-refractivity contribution >= 4 is 10.7 Å². The molecule has 0 atom stereocenters. The Kier molecular flexibility index (Phi) is 2.28. The van der Waals surface area contributed by atoms with E-state index in [0.29, 0.717) is 5.82 Å². The maximum Gasteiger partial charge on any atom is 0.169 e. The minimum absolute atomic E-state index is 0.205. The topological polar surface area (TPSA) is 64.8 Å². The van der Waals surface area contributed by atoms with Crippen molar-refractivity contribution in [2.75, 3.05) is 0 Å². The molecule has 72 valence electrons. The second-order valence-corrected chi connectivity index (χ2v) is 3.61. The summed E-state index contributed by atoms with van der Waals surface area (Å²) in [5.74, 6) is 0.593. The van der Waals surface area contributed by atoms with Gasteiger partial charge in [-0.25, -0.2) is 18.1 Å². The first-order chi connectivity index (χ1) is 6.77. The normalized spacial score (nSPS) is 10.6. The smallest absolute Gasteiger partial charge is 0.169 e. The fourth-order valence-corrected chi connectivity index (χ4v) is 1.37. The number of hydrogen-bond acceptors (Lipinski definition) is 4. The van der Waals surface area contributed by atoms with Crippen molar-refractivity contribution in [3.8, 4) is 5.82 Å². The molecule has 0 aliphatic heterocycles. The summed E-state index contributed by atoms with van der Waals surface area (Å²) in [6.45, 7) is 0. The molecule has 0 bridgehead atoms. The van der Waals surface area contributed by atoms with Gasteiger partial charge in [0.2, 0.25) is 0 Å². The van der Waals surface area contributed by atoms with E-state index in [2.05, 4.69) is 10.1 Å². The Hall–Kier alpha value is -1.69. The highest BCUT2D eigenvalue weighted by atomic mass is 32.2. The zero-order chi connectivity index (χ0) is 9.97. The highest BCUT2D eigenvalue weighted by Gasteiger charge is 1.98. The summed E-state index contributed by atoms with van der Waals surface area (Å²) < 4.78 is 22.7. The molecule has 2 aromatic rings. The Balaban J connectivity index is 2.40.